The standard InChI is InChI=1S/C15H18N2O3/c1-16-15(19)11-17(10-13-6-4-8-20-13)9-12-5-2-3-7-14(12)18/h2-8,18H,9-11H2,1H3,(H,16,19). The summed E-state index contributed by atoms with van der Waals surface area (Å²) >= 11 is 0. The van der Waals surface area contributed by atoms with Gasteiger partial charge in [0.25, 0.3) is 0 Å². The minimum Gasteiger partial charge on any atom is -0.508 e. The van der Waals surface area contributed by atoms with E-state index in [1.807, 2.05) is 29.2 Å². The molecular weight excluding hydrogens is 256 g/mol. The third-order valence-corrected chi connectivity index (χ3v) is 2.99. The molecular formula is C15H18N2O3. The van der Waals surface area contributed by atoms with E-state index < -0.39 is 0 Å². The van der Waals surface area contributed by atoms with Gasteiger partial charge in [0.05, 0.1) is 19.4 Å². The molecule has 106 valence electrons. The number of rotatable bonds is 6. The Bertz CT molecular complexity index is 552. The molecule has 0 unspecified atom stereocenters. The Kier molecular flexibility index (Phi) is 4.79. The first-order valence-electron chi connectivity index (χ1n) is 6.41. The van der Waals surface area contributed by atoms with Crippen molar-refractivity contribution in [2.24, 2.45) is 0 Å². The molecule has 0 aliphatic heterocycles. The quantitative estimate of drug-likeness (QED) is 0.842. The van der Waals surface area contributed by atoms with E-state index in [-0.39, 0.29) is 18.2 Å². The zero-order valence-corrected chi connectivity index (χ0v) is 11.4. The van der Waals surface area contributed by atoms with Crippen LogP contribution in [0.15, 0.2) is 47.1 Å². The summed E-state index contributed by atoms with van der Waals surface area (Å²) in [5.74, 6) is 0.935. The summed E-state index contributed by atoms with van der Waals surface area (Å²) in [6, 6.07) is 10.8. The number of phenols is 1. The fraction of sp³-hybridized carbons (Fsp3) is 0.267. The van der Waals surface area contributed by atoms with Crippen molar-refractivity contribution in [2.75, 3.05) is 13.6 Å². The van der Waals surface area contributed by atoms with Gasteiger partial charge in [-0.05, 0) is 18.2 Å². The molecule has 0 aliphatic carbocycles. The summed E-state index contributed by atoms with van der Waals surface area (Å²) in [7, 11) is 1.60. The number of amides is 1. The summed E-state index contributed by atoms with van der Waals surface area (Å²) < 4.78 is 5.31. The third-order valence-electron chi connectivity index (χ3n) is 2.99. The molecule has 5 heteroatoms. The maximum atomic E-state index is 11.6. The van der Waals surface area contributed by atoms with Crippen LogP contribution in [0.3, 0.4) is 0 Å². The Morgan fingerprint density at radius 3 is 2.70 bits per heavy atom. The van der Waals surface area contributed by atoms with Crippen molar-refractivity contribution < 1.29 is 14.3 Å². The fourth-order valence-electron chi connectivity index (χ4n) is 1.96. The highest BCUT2D eigenvalue weighted by atomic mass is 16.3. The van der Waals surface area contributed by atoms with Gasteiger partial charge in [-0.25, -0.2) is 0 Å². The smallest absolute Gasteiger partial charge is 0.233 e. The highest BCUT2D eigenvalue weighted by Crippen LogP contribution is 2.19. The predicted molar refractivity (Wildman–Crippen MR) is 75.0 cm³/mol. The van der Waals surface area contributed by atoms with Crippen molar-refractivity contribution in [3.8, 4) is 5.75 Å². The molecule has 0 radical (unpaired) electrons. The molecule has 0 fully saturated rings. The second-order valence-electron chi connectivity index (χ2n) is 4.53. The number of benzene rings is 1. The van der Waals surface area contributed by atoms with Crippen molar-refractivity contribution in [3.05, 3.63) is 54.0 Å². The molecule has 1 heterocycles. The lowest BCUT2D eigenvalue weighted by molar-refractivity contribution is -0.122. The van der Waals surface area contributed by atoms with E-state index in [9.17, 15) is 9.90 Å². The lowest BCUT2D eigenvalue weighted by Crippen LogP contribution is -2.34. The van der Waals surface area contributed by atoms with Gasteiger partial charge in [0.15, 0.2) is 0 Å². The van der Waals surface area contributed by atoms with Gasteiger partial charge in [-0.1, -0.05) is 18.2 Å². The molecule has 5 nitrogen and oxygen atoms in total. The summed E-state index contributed by atoms with van der Waals surface area (Å²) in [6.45, 7) is 1.22. The van der Waals surface area contributed by atoms with Gasteiger partial charge in [-0.15, -0.1) is 0 Å². The van der Waals surface area contributed by atoms with E-state index >= 15 is 0 Å². The Hall–Kier alpha value is -2.27. The maximum Gasteiger partial charge on any atom is 0.233 e. The van der Waals surface area contributed by atoms with Crippen LogP contribution in [0.25, 0.3) is 0 Å². The van der Waals surface area contributed by atoms with Crippen molar-refractivity contribution in [3.63, 3.8) is 0 Å². The number of carbonyl (C=O) groups excluding carboxylic acids is 1. The number of para-hydroxylation sites is 1. The predicted octanol–water partition coefficient (Wildman–Crippen LogP) is 1.73. The van der Waals surface area contributed by atoms with Crippen LogP contribution in [0.5, 0.6) is 5.75 Å². The van der Waals surface area contributed by atoms with Crippen molar-refractivity contribution in [1.82, 2.24) is 10.2 Å². The van der Waals surface area contributed by atoms with Crippen LogP contribution in [0.4, 0.5) is 0 Å². The molecule has 1 aromatic carbocycles. The molecule has 1 amide bonds. The van der Waals surface area contributed by atoms with Gasteiger partial charge >= 0.3 is 0 Å². The molecule has 20 heavy (non-hydrogen) atoms. The summed E-state index contributed by atoms with van der Waals surface area (Å²) in [6.07, 6.45) is 1.60. The first kappa shape index (κ1) is 14.1. The van der Waals surface area contributed by atoms with Gasteiger partial charge in [-0.2, -0.15) is 0 Å². The van der Waals surface area contributed by atoms with Gasteiger partial charge < -0.3 is 14.8 Å². The lowest BCUT2D eigenvalue weighted by Gasteiger charge is -2.20. The van der Waals surface area contributed by atoms with E-state index in [2.05, 4.69) is 5.32 Å². The molecule has 0 saturated heterocycles. The number of carbonyl (C=O) groups is 1. The summed E-state index contributed by atoms with van der Waals surface area (Å²) in [5.41, 5.74) is 0.781. The maximum absolute atomic E-state index is 11.6. The van der Waals surface area contributed by atoms with Gasteiger partial charge in [0.2, 0.25) is 5.91 Å². The Morgan fingerprint density at radius 2 is 2.05 bits per heavy atom. The molecule has 2 N–H and O–H groups in total. The van der Waals surface area contributed by atoms with Crippen LogP contribution in [-0.2, 0) is 17.9 Å². The van der Waals surface area contributed by atoms with Crippen LogP contribution >= 0.6 is 0 Å². The first-order chi connectivity index (χ1) is 9.69. The first-order valence-corrected chi connectivity index (χ1v) is 6.41. The second kappa shape index (κ2) is 6.77. The fourth-order valence-corrected chi connectivity index (χ4v) is 1.96. The second-order valence-corrected chi connectivity index (χ2v) is 4.53. The number of hydrogen-bond acceptors (Lipinski definition) is 4. The highest BCUT2D eigenvalue weighted by molar-refractivity contribution is 5.77. The zero-order chi connectivity index (χ0) is 14.4. The molecule has 0 aliphatic rings. The summed E-state index contributed by atoms with van der Waals surface area (Å²) in [4.78, 5) is 13.5. The number of likely N-dealkylation sites (N-methyl/N-ethyl adjacent to an activating group) is 1. The van der Waals surface area contributed by atoms with Gasteiger partial charge in [0.1, 0.15) is 11.5 Å². The Morgan fingerprint density at radius 1 is 1.25 bits per heavy atom. The molecule has 2 rings (SSSR count). The van der Waals surface area contributed by atoms with Crippen LogP contribution in [0, 0.1) is 0 Å². The molecule has 2 aromatic rings. The number of aromatic hydroxyl groups is 1. The SMILES string of the molecule is CNC(=O)CN(Cc1ccco1)Cc1ccccc1O. The summed E-state index contributed by atoms with van der Waals surface area (Å²) in [5, 5.41) is 12.4. The van der Waals surface area contributed by atoms with Gasteiger partial charge in [-0.3, -0.25) is 9.69 Å². The zero-order valence-electron chi connectivity index (χ0n) is 11.4. The van der Waals surface area contributed by atoms with Crippen LogP contribution in [-0.4, -0.2) is 29.5 Å². The van der Waals surface area contributed by atoms with Crippen LogP contribution in [0.1, 0.15) is 11.3 Å². The van der Waals surface area contributed by atoms with Crippen molar-refractivity contribution >= 4 is 5.91 Å². The van der Waals surface area contributed by atoms with Crippen LogP contribution < -0.4 is 5.32 Å². The van der Waals surface area contributed by atoms with Gasteiger partial charge in [0, 0.05) is 19.2 Å². The minimum absolute atomic E-state index is 0.0769. The van der Waals surface area contributed by atoms with E-state index in [4.69, 9.17) is 4.42 Å². The Balaban J connectivity index is 2.09. The third kappa shape index (κ3) is 3.86. The highest BCUT2D eigenvalue weighted by Gasteiger charge is 2.14. The van der Waals surface area contributed by atoms with Crippen molar-refractivity contribution in [1.29, 1.82) is 0 Å². The molecule has 0 atom stereocenters. The van der Waals surface area contributed by atoms with E-state index in [0.717, 1.165) is 11.3 Å². The Labute approximate surface area is 117 Å². The van der Waals surface area contributed by atoms with E-state index in [1.165, 1.54) is 0 Å². The molecule has 1 aromatic heterocycles. The number of nitrogens with zero attached hydrogens (tertiary/aromatic N) is 1. The minimum atomic E-state index is -0.0769. The number of phenolic OH excluding ortho intramolecular Hbond substituents is 1. The lowest BCUT2D eigenvalue weighted by atomic mass is 10.2. The number of hydrogen-bond donors (Lipinski definition) is 2. The molecule has 0 saturated carbocycles. The average Bonchev–Trinajstić information content (AvgIpc) is 2.94. The molecule has 0 bridgehead atoms. The van der Waals surface area contributed by atoms with E-state index in [1.54, 1.807) is 25.4 Å². The van der Waals surface area contributed by atoms with E-state index in [0.29, 0.717) is 13.1 Å². The molecule has 0 spiro atoms. The normalized spacial score (nSPS) is 10.7. The average molecular weight is 274 g/mol. The largest absolute Gasteiger partial charge is 0.508 e. The monoisotopic (exact) mass is 274 g/mol. The number of furan rings is 1. The van der Waals surface area contributed by atoms with Crippen molar-refractivity contribution in [2.45, 2.75) is 13.1 Å². The topological polar surface area (TPSA) is 65.7 Å². The number of nitrogens with one attached hydrogen (secondary N) is 1. The van der Waals surface area contributed by atoms with Crippen LogP contribution in [0.2, 0.25) is 0 Å².